The molecule has 7 heteroatoms. The molecule has 0 aliphatic carbocycles. The van der Waals surface area contributed by atoms with Gasteiger partial charge in [0.1, 0.15) is 5.82 Å². The summed E-state index contributed by atoms with van der Waals surface area (Å²) < 4.78 is 0. The van der Waals surface area contributed by atoms with Crippen molar-refractivity contribution >= 4 is 35.8 Å². The third-order valence-corrected chi connectivity index (χ3v) is 5.26. The minimum Gasteiger partial charge on any atom is -0.354 e. The number of nitrogens with one attached hydrogen (secondary N) is 1. The zero-order valence-electron chi connectivity index (χ0n) is 16.3. The van der Waals surface area contributed by atoms with Gasteiger partial charge in [0.15, 0.2) is 5.96 Å². The smallest absolute Gasteiger partial charge is 0.193 e. The van der Waals surface area contributed by atoms with Crippen LogP contribution in [0.2, 0.25) is 0 Å². The van der Waals surface area contributed by atoms with Gasteiger partial charge < -0.3 is 20.0 Å². The largest absolute Gasteiger partial charge is 0.354 e. The number of rotatable bonds is 3. The van der Waals surface area contributed by atoms with Crippen LogP contribution in [0.5, 0.6) is 0 Å². The van der Waals surface area contributed by atoms with Gasteiger partial charge in [0.05, 0.1) is 0 Å². The number of piperidine rings is 1. The molecule has 1 aromatic heterocycles. The summed E-state index contributed by atoms with van der Waals surface area (Å²) in [6.07, 6.45) is 4.51. The summed E-state index contributed by atoms with van der Waals surface area (Å²) in [6.45, 7) is 9.62. The molecule has 0 aromatic carbocycles. The fraction of sp³-hybridized carbons (Fsp3) is 0.684. The highest BCUT2D eigenvalue weighted by Gasteiger charge is 2.19. The number of piperazine rings is 1. The number of aromatic nitrogens is 1. The van der Waals surface area contributed by atoms with E-state index in [1.165, 1.54) is 18.4 Å². The number of likely N-dealkylation sites (tertiary alicyclic amines) is 1. The van der Waals surface area contributed by atoms with Gasteiger partial charge in [-0.15, -0.1) is 24.0 Å². The first-order valence-corrected chi connectivity index (χ1v) is 9.49. The zero-order chi connectivity index (χ0) is 17.6. The van der Waals surface area contributed by atoms with Crippen LogP contribution in [0.4, 0.5) is 5.82 Å². The maximum absolute atomic E-state index is 4.57. The molecule has 3 heterocycles. The van der Waals surface area contributed by atoms with E-state index < -0.39 is 0 Å². The van der Waals surface area contributed by atoms with Gasteiger partial charge in [0.25, 0.3) is 0 Å². The van der Waals surface area contributed by atoms with Crippen LogP contribution >= 0.6 is 24.0 Å². The molecule has 26 heavy (non-hydrogen) atoms. The SMILES string of the molecule is CN=C(NCc1ccnc(N2CCN(C)CC2)c1)N1CCCC(C)C1.I. The van der Waals surface area contributed by atoms with E-state index in [2.05, 4.69) is 56.1 Å². The Balaban J connectivity index is 0.00000243. The average Bonchev–Trinajstić information content (AvgIpc) is 2.63. The minimum absolute atomic E-state index is 0. The van der Waals surface area contributed by atoms with Gasteiger partial charge in [0.2, 0.25) is 0 Å². The predicted molar refractivity (Wildman–Crippen MR) is 120 cm³/mol. The van der Waals surface area contributed by atoms with Gasteiger partial charge in [-0.05, 0) is 43.5 Å². The van der Waals surface area contributed by atoms with Crippen molar-refractivity contribution in [1.29, 1.82) is 0 Å². The number of aliphatic imine (C=N–C) groups is 1. The van der Waals surface area contributed by atoms with E-state index in [1.54, 1.807) is 0 Å². The molecule has 0 radical (unpaired) electrons. The molecule has 1 atom stereocenters. The number of anilines is 1. The van der Waals surface area contributed by atoms with Gasteiger partial charge >= 0.3 is 0 Å². The van der Waals surface area contributed by atoms with Crippen molar-refractivity contribution in [3.05, 3.63) is 23.9 Å². The van der Waals surface area contributed by atoms with Crippen LogP contribution in [0.25, 0.3) is 0 Å². The highest BCUT2D eigenvalue weighted by atomic mass is 127. The van der Waals surface area contributed by atoms with Gasteiger partial charge in [-0.1, -0.05) is 6.92 Å². The first-order chi connectivity index (χ1) is 12.2. The monoisotopic (exact) mass is 472 g/mol. The highest BCUT2D eigenvalue weighted by molar-refractivity contribution is 14.0. The van der Waals surface area contributed by atoms with Crippen molar-refractivity contribution in [2.45, 2.75) is 26.3 Å². The molecule has 1 N–H and O–H groups in total. The topological polar surface area (TPSA) is 47.0 Å². The molecule has 2 fully saturated rings. The summed E-state index contributed by atoms with van der Waals surface area (Å²) in [5.74, 6) is 2.86. The number of nitrogens with zero attached hydrogens (tertiary/aromatic N) is 5. The van der Waals surface area contributed by atoms with Gasteiger partial charge in [-0.2, -0.15) is 0 Å². The molecule has 1 unspecified atom stereocenters. The number of pyridine rings is 1. The van der Waals surface area contributed by atoms with Crippen LogP contribution in [0.1, 0.15) is 25.3 Å². The second-order valence-electron chi connectivity index (χ2n) is 7.41. The summed E-state index contributed by atoms with van der Waals surface area (Å²) in [4.78, 5) is 16.2. The molecule has 3 rings (SSSR count). The molecule has 1 aromatic rings. The van der Waals surface area contributed by atoms with Crippen molar-refractivity contribution < 1.29 is 0 Å². The normalized spacial score (nSPS) is 22.1. The Morgan fingerprint density at radius 1 is 1.27 bits per heavy atom. The molecule has 2 saturated heterocycles. The van der Waals surface area contributed by atoms with Gasteiger partial charge in [0, 0.05) is 59.1 Å². The molecule has 0 amide bonds. The van der Waals surface area contributed by atoms with E-state index in [4.69, 9.17) is 0 Å². The van der Waals surface area contributed by atoms with E-state index in [9.17, 15) is 0 Å². The van der Waals surface area contributed by atoms with Crippen molar-refractivity contribution in [2.75, 3.05) is 58.3 Å². The fourth-order valence-corrected chi connectivity index (χ4v) is 3.67. The molecule has 6 nitrogen and oxygen atoms in total. The second kappa shape index (κ2) is 10.3. The van der Waals surface area contributed by atoms with E-state index in [0.29, 0.717) is 0 Å². The molecule has 2 aliphatic heterocycles. The number of halogens is 1. The first-order valence-electron chi connectivity index (χ1n) is 9.49. The van der Waals surface area contributed by atoms with Crippen LogP contribution in [0, 0.1) is 5.92 Å². The van der Waals surface area contributed by atoms with Gasteiger partial charge in [-0.25, -0.2) is 4.98 Å². The summed E-state index contributed by atoms with van der Waals surface area (Å²) in [5.41, 5.74) is 1.26. The summed E-state index contributed by atoms with van der Waals surface area (Å²) >= 11 is 0. The lowest BCUT2D eigenvalue weighted by Gasteiger charge is -2.34. The van der Waals surface area contributed by atoms with E-state index in [1.807, 2.05) is 13.2 Å². The van der Waals surface area contributed by atoms with Crippen molar-refractivity contribution in [3.63, 3.8) is 0 Å². The molecule has 0 bridgehead atoms. The Labute approximate surface area is 175 Å². The molecule has 2 aliphatic rings. The Morgan fingerprint density at radius 2 is 2.04 bits per heavy atom. The number of hydrogen-bond acceptors (Lipinski definition) is 4. The maximum atomic E-state index is 4.57. The Morgan fingerprint density at radius 3 is 2.73 bits per heavy atom. The Hall–Kier alpha value is -1.09. The first kappa shape index (κ1) is 21.2. The average molecular weight is 472 g/mol. The summed E-state index contributed by atoms with van der Waals surface area (Å²) in [5, 5.41) is 3.53. The zero-order valence-corrected chi connectivity index (χ0v) is 18.6. The lowest BCUT2D eigenvalue weighted by molar-refractivity contribution is 0.266. The molecular formula is C19H33IN6. The molecule has 0 saturated carbocycles. The minimum atomic E-state index is 0. The second-order valence-corrected chi connectivity index (χ2v) is 7.41. The number of likely N-dealkylation sites (N-methyl/N-ethyl adjacent to an activating group) is 1. The molecular weight excluding hydrogens is 439 g/mol. The van der Waals surface area contributed by atoms with E-state index >= 15 is 0 Å². The lowest BCUT2D eigenvalue weighted by Crippen LogP contribution is -2.46. The Bertz CT molecular complexity index is 585. The summed E-state index contributed by atoms with van der Waals surface area (Å²) in [6, 6.07) is 4.31. The van der Waals surface area contributed by atoms with Crippen molar-refractivity contribution in [3.8, 4) is 0 Å². The Kier molecular flexibility index (Phi) is 8.40. The van der Waals surface area contributed by atoms with Gasteiger partial charge in [-0.3, -0.25) is 4.99 Å². The van der Waals surface area contributed by atoms with Crippen LogP contribution < -0.4 is 10.2 Å². The van der Waals surface area contributed by atoms with Crippen LogP contribution in [-0.4, -0.2) is 74.1 Å². The fourth-order valence-electron chi connectivity index (χ4n) is 3.67. The third-order valence-electron chi connectivity index (χ3n) is 5.26. The van der Waals surface area contributed by atoms with E-state index in [0.717, 1.165) is 63.5 Å². The summed E-state index contributed by atoms with van der Waals surface area (Å²) in [7, 11) is 4.06. The highest BCUT2D eigenvalue weighted by Crippen LogP contribution is 2.17. The van der Waals surface area contributed by atoms with Crippen molar-refractivity contribution in [2.24, 2.45) is 10.9 Å². The quantitative estimate of drug-likeness (QED) is 0.416. The third kappa shape index (κ3) is 5.70. The number of guanidine groups is 1. The van der Waals surface area contributed by atoms with E-state index in [-0.39, 0.29) is 24.0 Å². The number of hydrogen-bond donors (Lipinski definition) is 1. The maximum Gasteiger partial charge on any atom is 0.193 e. The van der Waals surface area contributed by atoms with Crippen LogP contribution in [-0.2, 0) is 6.54 Å². The standard InChI is InChI=1S/C19H32N6.HI/c1-16-5-4-8-25(15-16)19(20-2)22-14-17-6-7-21-18(13-17)24-11-9-23(3)10-12-24;/h6-7,13,16H,4-5,8-12,14-15H2,1-3H3,(H,20,22);1H. The molecule has 0 spiro atoms. The van der Waals surface area contributed by atoms with Crippen molar-refractivity contribution in [1.82, 2.24) is 20.1 Å². The lowest BCUT2D eigenvalue weighted by atomic mass is 10.0. The predicted octanol–water partition coefficient (Wildman–Crippen LogP) is 2.26. The molecule has 146 valence electrons. The van der Waals surface area contributed by atoms with Crippen LogP contribution in [0.15, 0.2) is 23.3 Å². The van der Waals surface area contributed by atoms with Crippen LogP contribution in [0.3, 0.4) is 0 Å².